The van der Waals surface area contributed by atoms with E-state index >= 15 is 0 Å². The fourth-order valence-corrected chi connectivity index (χ4v) is 3.10. The van der Waals surface area contributed by atoms with Crippen molar-refractivity contribution >= 4 is 5.97 Å². The predicted octanol–water partition coefficient (Wildman–Crippen LogP) is 2.78. The Morgan fingerprint density at radius 1 is 1.03 bits per heavy atom. The summed E-state index contributed by atoms with van der Waals surface area (Å²) in [5, 5.41) is 10.6. The van der Waals surface area contributed by atoms with E-state index in [0.717, 1.165) is 11.1 Å². The van der Waals surface area contributed by atoms with Crippen molar-refractivity contribution < 1.29 is 33.2 Å². The lowest BCUT2D eigenvalue weighted by molar-refractivity contribution is -0.289. The van der Waals surface area contributed by atoms with Gasteiger partial charge in [-0.1, -0.05) is 60.7 Å². The number of ether oxygens (including phenoxy) is 4. The Morgan fingerprint density at radius 2 is 1.62 bits per heavy atom. The molecule has 6 nitrogen and oxygen atoms in total. The molecule has 156 valence electrons. The lowest BCUT2D eigenvalue weighted by Gasteiger charge is -2.40. The lowest BCUT2D eigenvalue weighted by Crippen LogP contribution is -2.59. The normalized spacial score (nSPS) is 26.8. The monoisotopic (exact) mass is 404 g/mol. The van der Waals surface area contributed by atoms with Gasteiger partial charge >= 0.3 is 5.97 Å². The number of carbonyl (C=O) groups excluding carboxylic acids is 1. The van der Waals surface area contributed by atoms with Crippen molar-refractivity contribution in [2.75, 3.05) is 6.61 Å². The smallest absolute Gasteiger partial charge is 0.305 e. The van der Waals surface area contributed by atoms with E-state index in [-0.39, 0.29) is 13.2 Å². The molecule has 1 heterocycles. The van der Waals surface area contributed by atoms with Crippen LogP contribution in [0, 0.1) is 0 Å². The van der Waals surface area contributed by atoms with Gasteiger partial charge in [0.2, 0.25) is 6.29 Å². The van der Waals surface area contributed by atoms with E-state index in [0.29, 0.717) is 6.61 Å². The number of hydrogen-bond donors (Lipinski definition) is 1. The molecule has 1 fully saturated rings. The Labute approximate surface area is 169 Å². The second kappa shape index (κ2) is 10.5. The number of aliphatic hydroxyl groups excluding tert-OH is 1. The molecule has 5 atom stereocenters. The zero-order chi connectivity index (χ0) is 20.6. The standard InChI is InChI=1S/C22H25FO6/c1-15(24)28-22-19(23)21(27-13-17-10-6-3-7-11-17)20(25)18(29-22)14-26-12-16-8-4-2-5-9-16/h2-11,18-22,25H,12-14H2,1H3/t18-,19-,20-,21-,22?/m1/s1. The van der Waals surface area contributed by atoms with Crippen LogP contribution in [0.1, 0.15) is 18.1 Å². The molecular weight excluding hydrogens is 379 g/mol. The minimum absolute atomic E-state index is 0.00819. The van der Waals surface area contributed by atoms with Gasteiger partial charge in [-0.25, -0.2) is 4.39 Å². The van der Waals surface area contributed by atoms with Crippen molar-refractivity contribution in [3.05, 3.63) is 71.8 Å². The Kier molecular flexibility index (Phi) is 7.71. The van der Waals surface area contributed by atoms with Gasteiger partial charge in [-0.15, -0.1) is 0 Å². The van der Waals surface area contributed by atoms with Crippen LogP contribution in [0.2, 0.25) is 0 Å². The number of halogens is 1. The van der Waals surface area contributed by atoms with Crippen LogP contribution in [0.4, 0.5) is 4.39 Å². The van der Waals surface area contributed by atoms with Crippen molar-refractivity contribution in [2.45, 2.75) is 50.9 Å². The van der Waals surface area contributed by atoms with Gasteiger partial charge in [0, 0.05) is 6.92 Å². The molecule has 2 aromatic carbocycles. The summed E-state index contributed by atoms with van der Waals surface area (Å²) in [6.07, 6.45) is -6.71. The van der Waals surface area contributed by atoms with Gasteiger partial charge in [-0.05, 0) is 11.1 Å². The number of benzene rings is 2. The fourth-order valence-electron chi connectivity index (χ4n) is 3.10. The molecule has 1 N–H and O–H groups in total. The van der Waals surface area contributed by atoms with Crippen LogP contribution in [0.3, 0.4) is 0 Å². The molecule has 0 bridgehead atoms. The van der Waals surface area contributed by atoms with Gasteiger partial charge in [0.1, 0.15) is 18.3 Å². The molecule has 2 aromatic rings. The maximum absolute atomic E-state index is 14.9. The van der Waals surface area contributed by atoms with Crippen LogP contribution in [0.5, 0.6) is 0 Å². The third-order valence-electron chi connectivity index (χ3n) is 4.56. The molecule has 29 heavy (non-hydrogen) atoms. The van der Waals surface area contributed by atoms with E-state index in [1.165, 1.54) is 6.92 Å². The Hall–Kier alpha value is -2.32. The molecule has 0 saturated carbocycles. The molecule has 0 radical (unpaired) electrons. The lowest BCUT2D eigenvalue weighted by atomic mass is 9.99. The summed E-state index contributed by atoms with van der Waals surface area (Å²) >= 11 is 0. The van der Waals surface area contributed by atoms with Gasteiger partial charge in [0.15, 0.2) is 6.17 Å². The van der Waals surface area contributed by atoms with Crippen LogP contribution in [-0.2, 0) is 37.0 Å². The Balaban J connectivity index is 1.63. The van der Waals surface area contributed by atoms with E-state index in [2.05, 4.69) is 0 Å². The van der Waals surface area contributed by atoms with E-state index < -0.39 is 36.7 Å². The number of rotatable bonds is 8. The number of esters is 1. The summed E-state index contributed by atoms with van der Waals surface area (Å²) in [7, 11) is 0. The highest BCUT2D eigenvalue weighted by molar-refractivity contribution is 5.66. The first kappa shape index (κ1) is 21.4. The van der Waals surface area contributed by atoms with Gasteiger partial charge in [0.25, 0.3) is 0 Å². The van der Waals surface area contributed by atoms with E-state index in [9.17, 15) is 14.3 Å². The van der Waals surface area contributed by atoms with Crippen molar-refractivity contribution in [1.82, 2.24) is 0 Å². The van der Waals surface area contributed by atoms with E-state index in [4.69, 9.17) is 18.9 Å². The molecule has 1 saturated heterocycles. The number of alkyl halides is 1. The van der Waals surface area contributed by atoms with Gasteiger partial charge in [-0.3, -0.25) is 4.79 Å². The molecule has 0 amide bonds. The topological polar surface area (TPSA) is 74.2 Å². The zero-order valence-electron chi connectivity index (χ0n) is 16.1. The number of carbonyl (C=O) groups is 1. The molecule has 0 aliphatic carbocycles. The molecule has 7 heteroatoms. The number of hydrogen-bond acceptors (Lipinski definition) is 6. The van der Waals surface area contributed by atoms with Crippen LogP contribution < -0.4 is 0 Å². The van der Waals surface area contributed by atoms with Crippen molar-refractivity contribution in [3.63, 3.8) is 0 Å². The van der Waals surface area contributed by atoms with E-state index in [1.54, 1.807) is 0 Å². The van der Waals surface area contributed by atoms with Gasteiger partial charge in [0.05, 0.1) is 19.8 Å². The first-order valence-electron chi connectivity index (χ1n) is 9.46. The summed E-state index contributed by atoms with van der Waals surface area (Å²) in [5.41, 5.74) is 1.79. The molecule has 0 aromatic heterocycles. The van der Waals surface area contributed by atoms with Gasteiger partial charge in [-0.2, -0.15) is 0 Å². The Morgan fingerprint density at radius 3 is 2.21 bits per heavy atom. The third-order valence-corrected chi connectivity index (χ3v) is 4.56. The maximum Gasteiger partial charge on any atom is 0.305 e. The maximum atomic E-state index is 14.9. The molecule has 3 rings (SSSR count). The van der Waals surface area contributed by atoms with E-state index in [1.807, 2.05) is 60.7 Å². The van der Waals surface area contributed by atoms with Gasteiger partial charge < -0.3 is 24.1 Å². The van der Waals surface area contributed by atoms with Crippen molar-refractivity contribution in [3.8, 4) is 0 Å². The van der Waals surface area contributed by atoms with Crippen molar-refractivity contribution in [1.29, 1.82) is 0 Å². The Bertz CT molecular complexity index is 756. The summed E-state index contributed by atoms with van der Waals surface area (Å²) in [6, 6.07) is 18.7. The molecule has 1 aliphatic rings. The summed E-state index contributed by atoms with van der Waals surface area (Å²) in [5.74, 6) is -0.681. The zero-order valence-corrected chi connectivity index (χ0v) is 16.1. The molecular formula is C22H25FO6. The highest BCUT2D eigenvalue weighted by Crippen LogP contribution is 2.28. The average molecular weight is 404 g/mol. The molecule has 1 unspecified atom stereocenters. The second-order valence-corrected chi connectivity index (χ2v) is 6.85. The minimum atomic E-state index is -1.83. The fraction of sp³-hybridized carbons (Fsp3) is 0.409. The van der Waals surface area contributed by atoms with Crippen LogP contribution in [0.15, 0.2) is 60.7 Å². The van der Waals surface area contributed by atoms with Crippen molar-refractivity contribution in [2.24, 2.45) is 0 Å². The second-order valence-electron chi connectivity index (χ2n) is 6.85. The molecule has 0 spiro atoms. The summed E-state index contributed by atoms with van der Waals surface area (Å²) in [6.45, 7) is 1.57. The largest absolute Gasteiger partial charge is 0.433 e. The third kappa shape index (κ3) is 6.08. The minimum Gasteiger partial charge on any atom is -0.433 e. The summed E-state index contributed by atoms with van der Waals surface area (Å²) < 4.78 is 36.5. The highest BCUT2D eigenvalue weighted by atomic mass is 19.1. The molecule has 1 aliphatic heterocycles. The quantitative estimate of drug-likeness (QED) is 0.682. The average Bonchev–Trinajstić information content (AvgIpc) is 2.72. The highest BCUT2D eigenvalue weighted by Gasteiger charge is 2.48. The number of aliphatic hydroxyl groups is 1. The predicted molar refractivity (Wildman–Crippen MR) is 102 cm³/mol. The first-order valence-corrected chi connectivity index (χ1v) is 9.46. The van der Waals surface area contributed by atoms with Crippen LogP contribution in [-0.4, -0.2) is 48.5 Å². The summed E-state index contributed by atoms with van der Waals surface area (Å²) in [4.78, 5) is 11.3. The van der Waals surface area contributed by atoms with Crippen LogP contribution in [0.25, 0.3) is 0 Å². The first-order chi connectivity index (χ1) is 14.0. The van der Waals surface area contributed by atoms with Crippen LogP contribution >= 0.6 is 0 Å². The SMILES string of the molecule is CC(=O)OC1O[C@H](COCc2ccccc2)[C@@H](O)[C@H](OCc2ccccc2)[C@H]1F.